The van der Waals surface area contributed by atoms with E-state index in [-0.39, 0.29) is 6.10 Å². The SMILES string of the molecule is CC1=C2C[C@@]3(C)CCC(C(C)C)=C3C[C@H](O)[C@H](C)[C@@H]2CC1. The van der Waals surface area contributed by atoms with Crippen LogP contribution in [0.5, 0.6) is 0 Å². The maximum absolute atomic E-state index is 10.8. The standard InChI is InChI=1S/C20H32O/c1-12(2)15-8-9-20(5)11-17-13(3)6-7-16(17)14(4)19(21)10-18(15)20/h12,14,16,19,21H,6-11H2,1-5H3/t14-,16+,19+,20-/m1/s1. The van der Waals surface area contributed by atoms with Crippen molar-refractivity contribution in [3.8, 4) is 0 Å². The topological polar surface area (TPSA) is 20.2 Å². The molecule has 1 nitrogen and oxygen atoms in total. The molecule has 1 heteroatoms. The number of rotatable bonds is 1. The molecule has 0 spiro atoms. The fourth-order valence-corrected chi connectivity index (χ4v) is 5.28. The highest BCUT2D eigenvalue weighted by Gasteiger charge is 2.44. The van der Waals surface area contributed by atoms with Gasteiger partial charge in [-0.2, -0.15) is 0 Å². The number of aliphatic hydroxyl groups excluding tert-OH is 1. The third-order valence-electron chi connectivity index (χ3n) is 6.82. The molecule has 0 saturated heterocycles. The number of allylic oxidation sites excluding steroid dienone is 3. The summed E-state index contributed by atoms with van der Waals surface area (Å²) in [6.07, 6.45) is 7.09. The Kier molecular flexibility index (Phi) is 3.84. The first-order chi connectivity index (χ1) is 9.83. The van der Waals surface area contributed by atoms with E-state index in [4.69, 9.17) is 0 Å². The van der Waals surface area contributed by atoms with Crippen LogP contribution < -0.4 is 0 Å². The van der Waals surface area contributed by atoms with Gasteiger partial charge in [0.25, 0.3) is 0 Å². The largest absolute Gasteiger partial charge is 0.392 e. The molecule has 1 N–H and O–H groups in total. The molecule has 0 aliphatic heterocycles. The van der Waals surface area contributed by atoms with Crippen molar-refractivity contribution in [1.29, 1.82) is 0 Å². The summed E-state index contributed by atoms with van der Waals surface area (Å²) >= 11 is 0. The molecule has 0 aromatic carbocycles. The predicted octanol–water partition coefficient (Wildman–Crippen LogP) is 5.26. The van der Waals surface area contributed by atoms with Crippen molar-refractivity contribution in [2.75, 3.05) is 0 Å². The fourth-order valence-electron chi connectivity index (χ4n) is 5.28. The first-order valence-electron chi connectivity index (χ1n) is 8.92. The summed E-state index contributed by atoms with van der Waals surface area (Å²) in [7, 11) is 0. The van der Waals surface area contributed by atoms with Crippen molar-refractivity contribution in [3.05, 3.63) is 22.3 Å². The average molecular weight is 288 g/mol. The summed E-state index contributed by atoms with van der Waals surface area (Å²) in [4.78, 5) is 0. The van der Waals surface area contributed by atoms with E-state index in [9.17, 15) is 5.11 Å². The quantitative estimate of drug-likeness (QED) is 0.653. The fraction of sp³-hybridized carbons (Fsp3) is 0.800. The van der Waals surface area contributed by atoms with E-state index >= 15 is 0 Å². The molecule has 0 aromatic heterocycles. The maximum atomic E-state index is 10.8. The highest BCUT2D eigenvalue weighted by Crippen LogP contribution is 2.56. The molecule has 0 amide bonds. The molecular formula is C20H32O. The lowest BCUT2D eigenvalue weighted by molar-refractivity contribution is 0.0775. The minimum atomic E-state index is -0.155. The predicted molar refractivity (Wildman–Crippen MR) is 89.0 cm³/mol. The van der Waals surface area contributed by atoms with Crippen molar-refractivity contribution in [1.82, 2.24) is 0 Å². The summed E-state index contributed by atoms with van der Waals surface area (Å²) in [6.45, 7) is 11.7. The summed E-state index contributed by atoms with van der Waals surface area (Å²) in [5, 5.41) is 10.8. The second-order valence-corrected chi connectivity index (χ2v) is 8.48. The molecule has 118 valence electrons. The Bertz CT molecular complexity index is 496. The second kappa shape index (κ2) is 5.26. The van der Waals surface area contributed by atoms with Crippen LogP contribution in [0.2, 0.25) is 0 Å². The Morgan fingerprint density at radius 1 is 1.24 bits per heavy atom. The Labute approximate surface area is 130 Å². The average Bonchev–Trinajstić information content (AvgIpc) is 2.91. The summed E-state index contributed by atoms with van der Waals surface area (Å²) in [5.74, 6) is 1.70. The van der Waals surface area contributed by atoms with Crippen molar-refractivity contribution in [2.45, 2.75) is 79.2 Å². The molecule has 3 aliphatic carbocycles. The van der Waals surface area contributed by atoms with Crippen LogP contribution in [0.3, 0.4) is 0 Å². The lowest BCUT2D eigenvalue weighted by atomic mass is 9.67. The van der Waals surface area contributed by atoms with Gasteiger partial charge in [0, 0.05) is 0 Å². The van der Waals surface area contributed by atoms with Crippen LogP contribution >= 0.6 is 0 Å². The Hall–Kier alpha value is -0.560. The van der Waals surface area contributed by atoms with Gasteiger partial charge in [-0.15, -0.1) is 0 Å². The van der Waals surface area contributed by atoms with Gasteiger partial charge in [-0.3, -0.25) is 0 Å². The van der Waals surface area contributed by atoms with E-state index in [0.29, 0.717) is 23.2 Å². The molecular weight excluding hydrogens is 256 g/mol. The summed E-state index contributed by atoms with van der Waals surface area (Å²) in [6, 6.07) is 0. The third-order valence-corrected chi connectivity index (χ3v) is 6.82. The Morgan fingerprint density at radius 3 is 2.62 bits per heavy atom. The highest BCUT2D eigenvalue weighted by atomic mass is 16.3. The van der Waals surface area contributed by atoms with Crippen molar-refractivity contribution >= 4 is 0 Å². The number of hydrogen-bond donors (Lipinski definition) is 1. The Balaban J connectivity index is 2.05. The molecule has 0 bridgehead atoms. The number of aliphatic hydroxyl groups is 1. The van der Waals surface area contributed by atoms with Gasteiger partial charge < -0.3 is 5.11 Å². The van der Waals surface area contributed by atoms with Crippen LogP contribution in [0.1, 0.15) is 73.1 Å². The molecule has 3 aliphatic rings. The Morgan fingerprint density at radius 2 is 1.95 bits per heavy atom. The van der Waals surface area contributed by atoms with E-state index in [1.807, 2.05) is 0 Å². The maximum Gasteiger partial charge on any atom is 0.0608 e. The zero-order valence-corrected chi connectivity index (χ0v) is 14.5. The van der Waals surface area contributed by atoms with E-state index in [1.165, 1.54) is 32.1 Å². The van der Waals surface area contributed by atoms with Gasteiger partial charge in [-0.05, 0) is 68.6 Å². The van der Waals surface area contributed by atoms with Gasteiger partial charge in [0.15, 0.2) is 0 Å². The number of hydrogen-bond acceptors (Lipinski definition) is 1. The first kappa shape index (κ1) is 15.3. The normalized spacial score (nSPS) is 40.4. The zero-order valence-electron chi connectivity index (χ0n) is 14.5. The molecule has 1 saturated carbocycles. The van der Waals surface area contributed by atoms with E-state index in [1.54, 1.807) is 22.3 Å². The van der Waals surface area contributed by atoms with Crippen molar-refractivity contribution in [3.63, 3.8) is 0 Å². The highest BCUT2D eigenvalue weighted by molar-refractivity contribution is 5.35. The van der Waals surface area contributed by atoms with Gasteiger partial charge in [0.05, 0.1) is 6.10 Å². The molecule has 21 heavy (non-hydrogen) atoms. The second-order valence-electron chi connectivity index (χ2n) is 8.48. The molecule has 0 radical (unpaired) electrons. The van der Waals surface area contributed by atoms with Gasteiger partial charge >= 0.3 is 0 Å². The third kappa shape index (κ3) is 2.42. The summed E-state index contributed by atoms with van der Waals surface area (Å²) in [5.41, 5.74) is 6.91. The smallest absolute Gasteiger partial charge is 0.0608 e. The van der Waals surface area contributed by atoms with Crippen LogP contribution in [0, 0.1) is 23.2 Å². The minimum absolute atomic E-state index is 0.155. The van der Waals surface area contributed by atoms with Gasteiger partial charge in [0.1, 0.15) is 0 Å². The number of fused-ring (bicyclic) bond motifs is 2. The molecule has 1 fully saturated rings. The lowest BCUT2D eigenvalue weighted by Crippen LogP contribution is -2.33. The molecule has 4 atom stereocenters. The van der Waals surface area contributed by atoms with E-state index in [0.717, 1.165) is 6.42 Å². The first-order valence-corrected chi connectivity index (χ1v) is 8.92. The van der Waals surface area contributed by atoms with Crippen LogP contribution in [0.4, 0.5) is 0 Å². The van der Waals surface area contributed by atoms with Gasteiger partial charge in [-0.25, -0.2) is 0 Å². The van der Waals surface area contributed by atoms with Gasteiger partial charge in [-0.1, -0.05) is 50.0 Å². The minimum Gasteiger partial charge on any atom is -0.392 e. The van der Waals surface area contributed by atoms with Crippen LogP contribution in [0.15, 0.2) is 22.3 Å². The molecule has 0 heterocycles. The monoisotopic (exact) mass is 288 g/mol. The molecule has 0 unspecified atom stereocenters. The van der Waals surface area contributed by atoms with E-state index in [2.05, 4.69) is 34.6 Å². The summed E-state index contributed by atoms with van der Waals surface area (Å²) < 4.78 is 0. The van der Waals surface area contributed by atoms with Gasteiger partial charge in [0.2, 0.25) is 0 Å². The molecule has 3 rings (SSSR count). The molecule has 0 aromatic rings. The van der Waals surface area contributed by atoms with Crippen LogP contribution in [-0.4, -0.2) is 11.2 Å². The zero-order chi connectivity index (χ0) is 15.4. The van der Waals surface area contributed by atoms with Crippen molar-refractivity contribution in [2.24, 2.45) is 23.2 Å². The van der Waals surface area contributed by atoms with Crippen LogP contribution in [0.25, 0.3) is 0 Å². The van der Waals surface area contributed by atoms with Crippen LogP contribution in [-0.2, 0) is 0 Å². The van der Waals surface area contributed by atoms with Crippen molar-refractivity contribution < 1.29 is 5.11 Å². The lowest BCUT2D eigenvalue weighted by Gasteiger charge is -2.39. The van der Waals surface area contributed by atoms with E-state index < -0.39 is 0 Å².